The summed E-state index contributed by atoms with van der Waals surface area (Å²) in [6.45, 7) is 0.345. The Morgan fingerprint density at radius 1 is 1.80 bits per heavy atom. The smallest absolute Gasteiger partial charge is 0.273 e. The number of hydrogen-bond acceptors (Lipinski definition) is 5. The molecule has 0 saturated carbocycles. The van der Waals surface area contributed by atoms with E-state index in [0.29, 0.717) is 13.0 Å². The van der Waals surface area contributed by atoms with Crippen LogP contribution < -0.4 is 5.32 Å². The van der Waals surface area contributed by atoms with Gasteiger partial charge in [-0.2, -0.15) is 0 Å². The van der Waals surface area contributed by atoms with Gasteiger partial charge in [-0.15, -0.1) is 0 Å². The molecule has 1 rings (SSSR count). The fourth-order valence-corrected chi connectivity index (χ4v) is 1.14. The van der Waals surface area contributed by atoms with Gasteiger partial charge in [0.15, 0.2) is 5.69 Å². The predicted octanol–water partition coefficient (Wildman–Crippen LogP) is -0.198. The van der Waals surface area contributed by atoms with Gasteiger partial charge in [0.2, 0.25) is 0 Å². The van der Waals surface area contributed by atoms with E-state index in [1.54, 1.807) is 0 Å². The van der Waals surface area contributed by atoms with Gasteiger partial charge in [-0.05, 0) is 6.42 Å². The second-order valence-corrected chi connectivity index (χ2v) is 3.02. The largest absolute Gasteiger partial charge is 0.396 e. The van der Waals surface area contributed by atoms with Gasteiger partial charge in [-0.1, -0.05) is 5.16 Å². The van der Waals surface area contributed by atoms with Gasteiger partial charge >= 0.3 is 0 Å². The maximum Gasteiger partial charge on any atom is 0.273 e. The summed E-state index contributed by atoms with van der Waals surface area (Å²) in [5.41, 5.74) is 0.217. The summed E-state index contributed by atoms with van der Waals surface area (Å²) in [5, 5.41) is 14.9. The topological polar surface area (TPSA) is 84.6 Å². The summed E-state index contributed by atoms with van der Waals surface area (Å²) < 4.78 is 9.45. The zero-order valence-electron chi connectivity index (χ0n) is 8.47. The third kappa shape index (κ3) is 3.69. The average Bonchev–Trinajstić information content (AvgIpc) is 2.71. The molecule has 0 radical (unpaired) electrons. The SMILES string of the molecule is COCC(CCO)NC(=O)c1ccon1. The van der Waals surface area contributed by atoms with Crippen LogP contribution in [-0.2, 0) is 4.74 Å². The van der Waals surface area contributed by atoms with E-state index >= 15 is 0 Å². The molecule has 1 heterocycles. The molecule has 1 aromatic rings. The normalized spacial score (nSPS) is 12.4. The maximum atomic E-state index is 11.5. The van der Waals surface area contributed by atoms with E-state index in [1.807, 2.05) is 0 Å². The van der Waals surface area contributed by atoms with Crippen molar-refractivity contribution in [2.45, 2.75) is 12.5 Å². The first-order valence-electron chi connectivity index (χ1n) is 4.59. The van der Waals surface area contributed by atoms with Gasteiger partial charge in [0.25, 0.3) is 5.91 Å². The van der Waals surface area contributed by atoms with Crippen LogP contribution in [0.4, 0.5) is 0 Å². The van der Waals surface area contributed by atoms with Gasteiger partial charge in [-0.3, -0.25) is 4.79 Å². The molecule has 0 aliphatic heterocycles. The van der Waals surface area contributed by atoms with E-state index in [2.05, 4.69) is 15.0 Å². The molecular weight excluding hydrogens is 200 g/mol. The van der Waals surface area contributed by atoms with E-state index in [-0.39, 0.29) is 24.2 Å². The number of ether oxygens (including phenoxy) is 1. The first-order valence-corrected chi connectivity index (χ1v) is 4.59. The van der Waals surface area contributed by atoms with Crippen molar-refractivity contribution in [3.8, 4) is 0 Å². The highest BCUT2D eigenvalue weighted by molar-refractivity contribution is 5.92. The van der Waals surface area contributed by atoms with E-state index in [1.165, 1.54) is 19.4 Å². The summed E-state index contributed by atoms with van der Waals surface area (Å²) in [6.07, 6.45) is 1.77. The molecule has 0 spiro atoms. The fourth-order valence-electron chi connectivity index (χ4n) is 1.14. The quantitative estimate of drug-likeness (QED) is 0.685. The monoisotopic (exact) mass is 214 g/mol. The van der Waals surface area contributed by atoms with Crippen LogP contribution in [0, 0.1) is 0 Å². The second kappa shape index (κ2) is 6.15. The van der Waals surface area contributed by atoms with Crippen molar-refractivity contribution >= 4 is 5.91 Å². The number of nitrogens with one attached hydrogen (secondary N) is 1. The molecule has 0 aromatic carbocycles. The molecule has 15 heavy (non-hydrogen) atoms. The van der Waals surface area contributed by atoms with Crippen LogP contribution >= 0.6 is 0 Å². The van der Waals surface area contributed by atoms with Crippen LogP contribution in [0.5, 0.6) is 0 Å². The van der Waals surface area contributed by atoms with Gasteiger partial charge < -0.3 is 19.7 Å². The number of amides is 1. The van der Waals surface area contributed by atoms with Crippen molar-refractivity contribution in [2.24, 2.45) is 0 Å². The number of aromatic nitrogens is 1. The van der Waals surface area contributed by atoms with Crippen molar-refractivity contribution < 1.29 is 19.2 Å². The van der Waals surface area contributed by atoms with E-state index in [0.717, 1.165) is 0 Å². The number of aliphatic hydroxyl groups is 1. The molecule has 0 aliphatic carbocycles. The molecule has 1 atom stereocenters. The molecule has 1 amide bonds. The first kappa shape index (κ1) is 11.7. The standard InChI is InChI=1S/C9H14N2O4/c1-14-6-7(2-4-12)10-9(13)8-3-5-15-11-8/h3,5,7,12H,2,4,6H2,1H3,(H,10,13). The Bertz CT molecular complexity index is 280. The number of nitrogens with zero attached hydrogens (tertiary/aromatic N) is 1. The van der Waals surface area contributed by atoms with Crippen LogP contribution in [0.15, 0.2) is 16.9 Å². The Labute approximate surface area is 87.2 Å². The minimum atomic E-state index is -0.334. The van der Waals surface area contributed by atoms with Crippen molar-refractivity contribution in [1.82, 2.24) is 10.5 Å². The Morgan fingerprint density at radius 2 is 2.60 bits per heavy atom. The molecule has 6 heteroatoms. The maximum absolute atomic E-state index is 11.5. The first-order chi connectivity index (χ1) is 7.27. The van der Waals surface area contributed by atoms with Gasteiger partial charge in [0, 0.05) is 19.8 Å². The third-order valence-corrected chi connectivity index (χ3v) is 1.85. The summed E-state index contributed by atoms with van der Waals surface area (Å²) in [6, 6.07) is 1.25. The molecule has 84 valence electrons. The lowest BCUT2D eigenvalue weighted by Crippen LogP contribution is -2.38. The van der Waals surface area contributed by atoms with Gasteiger partial charge in [-0.25, -0.2) is 0 Å². The van der Waals surface area contributed by atoms with E-state index < -0.39 is 0 Å². The Balaban J connectivity index is 2.47. The van der Waals surface area contributed by atoms with Gasteiger partial charge in [0.1, 0.15) is 6.26 Å². The number of carbonyl (C=O) groups is 1. The lowest BCUT2D eigenvalue weighted by atomic mass is 10.2. The minimum Gasteiger partial charge on any atom is -0.396 e. The third-order valence-electron chi connectivity index (χ3n) is 1.85. The second-order valence-electron chi connectivity index (χ2n) is 3.02. The Hall–Kier alpha value is -1.40. The van der Waals surface area contributed by atoms with Crippen LogP contribution in [0.3, 0.4) is 0 Å². The molecule has 0 bridgehead atoms. The summed E-state index contributed by atoms with van der Waals surface area (Å²) in [5.74, 6) is -0.334. The zero-order valence-corrected chi connectivity index (χ0v) is 8.47. The predicted molar refractivity (Wildman–Crippen MR) is 51.3 cm³/mol. The number of aliphatic hydroxyl groups excluding tert-OH is 1. The van der Waals surface area contributed by atoms with Crippen molar-refractivity contribution in [1.29, 1.82) is 0 Å². The lowest BCUT2D eigenvalue weighted by Gasteiger charge is -2.15. The van der Waals surface area contributed by atoms with E-state index in [4.69, 9.17) is 9.84 Å². The fraction of sp³-hybridized carbons (Fsp3) is 0.556. The summed E-state index contributed by atoms with van der Waals surface area (Å²) in [4.78, 5) is 11.5. The number of rotatable bonds is 6. The Morgan fingerprint density at radius 3 is 3.13 bits per heavy atom. The number of carbonyl (C=O) groups excluding carboxylic acids is 1. The molecule has 1 aromatic heterocycles. The zero-order chi connectivity index (χ0) is 11.1. The van der Waals surface area contributed by atoms with E-state index in [9.17, 15) is 4.79 Å². The number of methoxy groups -OCH3 is 1. The molecule has 2 N–H and O–H groups in total. The van der Waals surface area contributed by atoms with Gasteiger partial charge in [0.05, 0.1) is 12.6 Å². The minimum absolute atomic E-state index is 0.00682. The molecule has 1 unspecified atom stereocenters. The van der Waals surface area contributed by atoms with Crippen LogP contribution in [-0.4, -0.2) is 42.5 Å². The summed E-state index contributed by atoms with van der Waals surface area (Å²) in [7, 11) is 1.53. The van der Waals surface area contributed by atoms with Crippen molar-refractivity contribution in [3.05, 3.63) is 18.0 Å². The molecular formula is C9H14N2O4. The van der Waals surface area contributed by atoms with Crippen molar-refractivity contribution in [2.75, 3.05) is 20.3 Å². The Kier molecular flexibility index (Phi) is 4.79. The van der Waals surface area contributed by atoms with Crippen molar-refractivity contribution in [3.63, 3.8) is 0 Å². The highest BCUT2D eigenvalue weighted by Crippen LogP contribution is 1.98. The van der Waals surface area contributed by atoms with Crippen LogP contribution in [0.25, 0.3) is 0 Å². The highest BCUT2D eigenvalue weighted by Gasteiger charge is 2.14. The molecule has 0 fully saturated rings. The van der Waals surface area contributed by atoms with Crippen LogP contribution in [0.2, 0.25) is 0 Å². The average molecular weight is 214 g/mol. The number of hydrogen-bond donors (Lipinski definition) is 2. The lowest BCUT2D eigenvalue weighted by molar-refractivity contribution is 0.0870. The molecule has 0 aliphatic rings. The molecule has 0 saturated heterocycles. The van der Waals surface area contributed by atoms with Crippen LogP contribution in [0.1, 0.15) is 16.9 Å². The summed E-state index contributed by atoms with van der Waals surface area (Å²) >= 11 is 0. The highest BCUT2D eigenvalue weighted by atomic mass is 16.5. The molecule has 6 nitrogen and oxygen atoms in total.